The average molecular weight is 411 g/mol. The van der Waals surface area contributed by atoms with Crippen molar-refractivity contribution >= 4 is 40.3 Å². The summed E-state index contributed by atoms with van der Waals surface area (Å²) in [5.41, 5.74) is 2.30. The van der Waals surface area contributed by atoms with Gasteiger partial charge in [-0.05, 0) is 62.4 Å². The molecule has 0 unspecified atom stereocenters. The van der Waals surface area contributed by atoms with Crippen LogP contribution >= 0.6 is 11.8 Å². The van der Waals surface area contributed by atoms with E-state index in [2.05, 4.69) is 4.99 Å². The minimum absolute atomic E-state index is 0.0738. The highest BCUT2D eigenvalue weighted by molar-refractivity contribution is 8.18. The third kappa shape index (κ3) is 4.48. The lowest BCUT2D eigenvalue weighted by molar-refractivity contribution is -0.385. The highest BCUT2D eigenvalue weighted by Gasteiger charge is 2.35. The number of hydrogen-bond donors (Lipinski definition) is 0. The van der Waals surface area contributed by atoms with Gasteiger partial charge in [-0.3, -0.25) is 19.8 Å². The van der Waals surface area contributed by atoms with Crippen LogP contribution in [-0.4, -0.2) is 34.0 Å². The molecule has 8 heteroatoms. The summed E-state index contributed by atoms with van der Waals surface area (Å²) in [7, 11) is 1.38. The Balaban J connectivity index is 1.98. The van der Waals surface area contributed by atoms with Crippen molar-refractivity contribution in [3.63, 3.8) is 0 Å². The van der Waals surface area contributed by atoms with Crippen molar-refractivity contribution < 1.29 is 14.5 Å². The molecule has 0 radical (unpaired) electrons. The zero-order valence-corrected chi connectivity index (χ0v) is 17.4. The quantitative estimate of drug-likeness (QED) is 0.396. The molecule has 2 aromatic rings. The normalized spacial score (nSPS) is 16.9. The lowest BCUT2D eigenvalue weighted by Gasteiger charge is -2.19. The number of rotatable bonds is 5. The van der Waals surface area contributed by atoms with Crippen LogP contribution in [0.5, 0.6) is 5.75 Å². The Kier molecular flexibility index (Phi) is 6.03. The molecule has 1 aliphatic heterocycles. The Morgan fingerprint density at radius 3 is 2.48 bits per heavy atom. The number of carbonyl (C=O) groups is 1. The Hall–Kier alpha value is -3.13. The van der Waals surface area contributed by atoms with E-state index in [4.69, 9.17) is 4.74 Å². The largest absolute Gasteiger partial charge is 0.490 e. The molecule has 2 aromatic carbocycles. The summed E-state index contributed by atoms with van der Waals surface area (Å²) < 4.78 is 5.03. The number of nitro groups is 1. The predicted octanol–water partition coefficient (Wildman–Crippen LogP) is 4.92. The van der Waals surface area contributed by atoms with E-state index < -0.39 is 4.92 Å². The van der Waals surface area contributed by atoms with Crippen molar-refractivity contribution in [1.29, 1.82) is 0 Å². The van der Waals surface area contributed by atoms with Crippen LogP contribution in [0, 0.1) is 17.0 Å². The molecule has 29 heavy (non-hydrogen) atoms. The Morgan fingerprint density at radius 2 is 1.90 bits per heavy atom. The summed E-state index contributed by atoms with van der Waals surface area (Å²) in [5, 5.41) is 11.8. The van der Waals surface area contributed by atoms with Gasteiger partial charge in [-0.15, -0.1) is 0 Å². The number of aliphatic imine (C=N–C) groups is 1. The summed E-state index contributed by atoms with van der Waals surface area (Å²) in [6.07, 6.45) is 1.65. The van der Waals surface area contributed by atoms with Crippen LogP contribution in [-0.2, 0) is 4.79 Å². The number of thioether (sulfide) groups is 1. The van der Waals surface area contributed by atoms with Crippen molar-refractivity contribution in [3.05, 3.63) is 68.6 Å². The standard InChI is InChI=1S/C21H21N3O4S/c1-13(2)23-20(25)19(29-21(23)22-16-8-5-14(3)6-9-16)12-15-7-10-18(28-4)17(11-15)24(26)27/h5-13H,1-4H3/b19-12+,22-21?. The molecule has 7 nitrogen and oxygen atoms in total. The first-order valence-electron chi connectivity index (χ1n) is 9.01. The molecule has 0 aromatic heterocycles. The number of nitrogens with zero attached hydrogens (tertiary/aromatic N) is 3. The second-order valence-electron chi connectivity index (χ2n) is 6.80. The zero-order chi connectivity index (χ0) is 21.1. The monoisotopic (exact) mass is 411 g/mol. The summed E-state index contributed by atoms with van der Waals surface area (Å²) in [4.78, 5) is 30.4. The maximum absolute atomic E-state index is 12.9. The number of methoxy groups -OCH3 is 1. The van der Waals surface area contributed by atoms with Gasteiger partial charge in [-0.25, -0.2) is 4.99 Å². The van der Waals surface area contributed by atoms with Gasteiger partial charge in [0.2, 0.25) is 0 Å². The van der Waals surface area contributed by atoms with Crippen LogP contribution < -0.4 is 4.74 Å². The maximum atomic E-state index is 12.9. The lowest BCUT2D eigenvalue weighted by Crippen LogP contribution is -2.35. The molecule has 0 bridgehead atoms. The van der Waals surface area contributed by atoms with Gasteiger partial charge >= 0.3 is 5.69 Å². The molecule has 0 spiro atoms. The molecule has 1 heterocycles. The highest BCUT2D eigenvalue weighted by atomic mass is 32.2. The third-order valence-electron chi connectivity index (χ3n) is 4.31. The molecule has 0 saturated carbocycles. The minimum atomic E-state index is -0.505. The first-order valence-corrected chi connectivity index (χ1v) is 9.82. The molecule has 1 amide bonds. The van der Waals surface area contributed by atoms with Crippen molar-refractivity contribution in [2.75, 3.05) is 7.11 Å². The fourth-order valence-electron chi connectivity index (χ4n) is 2.84. The first-order chi connectivity index (χ1) is 13.8. The third-order valence-corrected chi connectivity index (χ3v) is 5.29. The van der Waals surface area contributed by atoms with E-state index in [0.29, 0.717) is 15.6 Å². The second-order valence-corrected chi connectivity index (χ2v) is 7.81. The number of carbonyl (C=O) groups excluding carboxylic acids is 1. The summed E-state index contributed by atoms with van der Waals surface area (Å²) in [6, 6.07) is 12.3. The van der Waals surface area contributed by atoms with E-state index in [1.54, 1.807) is 17.0 Å². The van der Waals surface area contributed by atoms with Crippen molar-refractivity contribution in [2.24, 2.45) is 4.99 Å². The number of amides is 1. The van der Waals surface area contributed by atoms with Gasteiger partial charge in [0.15, 0.2) is 10.9 Å². The highest BCUT2D eigenvalue weighted by Crippen LogP contribution is 2.36. The zero-order valence-electron chi connectivity index (χ0n) is 16.6. The van der Waals surface area contributed by atoms with Crippen LogP contribution in [0.2, 0.25) is 0 Å². The van der Waals surface area contributed by atoms with Gasteiger partial charge < -0.3 is 4.74 Å². The summed E-state index contributed by atoms with van der Waals surface area (Å²) >= 11 is 1.26. The summed E-state index contributed by atoms with van der Waals surface area (Å²) in [6.45, 7) is 5.84. The van der Waals surface area contributed by atoms with E-state index in [1.807, 2.05) is 45.0 Å². The molecule has 3 rings (SSSR count). The van der Waals surface area contributed by atoms with Gasteiger partial charge in [0.1, 0.15) is 0 Å². The summed E-state index contributed by atoms with van der Waals surface area (Å²) in [5.74, 6) is 0.00214. The number of aryl methyl sites for hydroxylation is 1. The van der Waals surface area contributed by atoms with Crippen LogP contribution in [0.1, 0.15) is 25.0 Å². The first kappa shape index (κ1) is 20.6. The molecule has 0 atom stereocenters. The van der Waals surface area contributed by atoms with Crippen LogP contribution in [0.3, 0.4) is 0 Å². The van der Waals surface area contributed by atoms with E-state index in [-0.39, 0.29) is 23.4 Å². The SMILES string of the molecule is COc1ccc(/C=C2/SC(=Nc3ccc(C)cc3)N(C(C)C)C2=O)cc1[N+](=O)[O-]. The van der Waals surface area contributed by atoms with E-state index in [0.717, 1.165) is 11.3 Å². The number of hydrogen-bond acceptors (Lipinski definition) is 6. The molecule has 1 aliphatic rings. The molecule has 1 fully saturated rings. The van der Waals surface area contributed by atoms with Gasteiger partial charge in [-0.1, -0.05) is 23.8 Å². The van der Waals surface area contributed by atoms with Gasteiger partial charge in [-0.2, -0.15) is 0 Å². The van der Waals surface area contributed by atoms with E-state index in [1.165, 1.54) is 31.0 Å². The molecule has 0 aliphatic carbocycles. The molecular weight excluding hydrogens is 390 g/mol. The molecule has 1 saturated heterocycles. The second kappa shape index (κ2) is 8.48. The maximum Gasteiger partial charge on any atom is 0.311 e. The smallest absolute Gasteiger partial charge is 0.311 e. The van der Waals surface area contributed by atoms with Crippen molar-refractivity contribution in [2.45, 2.75) is 26.8 Å². The Bertz CT molecular complexity index is 1010. The topological polar surface area (TPSA) is 85.0 Å². The van der Waals surface area contributed by atoms with Gasteiger partial charge in [0, 0.05) is 12.1 Å². The fraction of sp³-hybridized carbons (Fsp3) is 0.238. The lowest BCUT2D eigenvalue weighted by atomic mass is 10.1. The molecule has 150 valence electrons. The number of nitro benzene ring substituents is 1. The van der Waals surface area contributed by atoms with Gasteiger partial charge in [0.05, 0.1) is 22.6 Å². The van der Waals surface area contributed by atoms with Crippen LogP contribution in [0.4, 0.5) is 11.4 Å². The molecular formula is C21H21N3O4S. The van der Waals surface area contributed by atoms with E-state index in [9.17, 15) is 14.9 Å². The average Bonchev–Trinajstić information content (AvgIpc) is 2.98. The Morgan fingerprint density at radius 1 is 1.21 bits per heavy atom. The van der Waals surface area contributed by atoms with Crippen LogP contribution in [0.15, 0.2) is 52.4 Å². The number of amidine groups is 1. The fourth-order valence-corrected chi connectivity index (χ4v) is 3.96. The Labute approximate surface area is 173 Å². The van der Waals surface area contributed by atoms with Gasteiger partial charge in [0.25, 0.3) is 5.91 Å². The van der Waals surface area contributed by atoms with E-state index >= 15 is 0 Å². The number of ether oxygens (including phenoxy) is 1. The van der Waals surface area contributed by atoms with Crippen molar-refractivity contribution in [3.8, 4) is 5.75 Å². The van der Waals surface area contributed by atoms with Crippen molar-refractivity contribution in [1.82, 2.24) is 4.90 Å². The molecule has 0 N–H and O–H groups in total. The predicted molar refractivity (Wildman–Crippen MR) is 115 cm³/mol. The van der Waals surface area contributed by atoms with Crippen LogP contribution in [0.25, 0.3) is 6.08 Å². The number of benzene rings is 2. The minimum Gasteiger partial charge on any atom is -0.490 e.